The van der Waals surface area contributed by atoms with Gasteiger partial charge < -0.3 is 10.4 Å². The molecule has 1 heterocycles. The fraction of sp³-hybridized carbons (Fsp3) is 0.800. The van der Waals surface area contributed by atoms with E-state index in [1.54, 1.807) is 0 Å². The van der Waals surface area contributed by atoms with Crippen molar-refractivity contribution in [1.82, 2.24) is 15.5 Å². The number of H-pyrrole nitrogens is 1. The Kier molecular flexibility index (Phi) is 4.38. The molecule has 5 rings (SSSR count). The normalized spacial score (nSPS) is 34.3. The molecule has 1 atom stereocenters. The summed E-state index contributed by atoms with van der Waals surface area (Å²) in [5, 5.41) is 21.0. The maximum atomic E-state index is 12.2. The van der Waals surface area contributed by atoms with Gasteiger partial charge in [0.1, 0.15) is 0 Å². The van der Waals surface area contributed by atoms with Crippen LogP contribution in [0.4, 0.5) is 0 Å². The van der Waals surface area contributed by atoms with Crippen molar-refractivity contribution in [1.29, 1.82) is 0 Å². The number of aryl methyl sites for hydroxylation is 2. The Balaban J connectivity index is 1.29. The summed E-state index contributed by atoms with van der Waals surface area (Å²) < 4.78 is 0. The first-order chi connectivity index (χ1) is 11.9. The minimum Gasteiger partial charge on any atom is -0.391 e. The van der Waals surface area contributed by atoms with Crippen molar-refractivity contribution in [3.05, 3.63) is 17.0 Å². The van der Waals surface area contributed by atoms with Gasteiger partial charge in [-0.25, -0.2) is 0 Å². The minimum atomic E-state index is -0.387. The number of rotatable bonds is 6. The third-order valence-electron chi connectivity index (χ3n) is 7.17. The number of aliphatic hydroxyl groups is 1. The van der Waals surface area contributed by atoms with Crippen LogP contribution < -0.4 is 5.32 Å². The highest BCUT2D eigenvalue weighted by molar-refractivity contribution is 5.76. The van der Waals surface area contributed by atoms with Crippen LogP contribution in [-0.4, -0.2) is 33.9 Å². The van der Waals surface area contributed by atoms with Gasteiger partial charge >= 0.3 is 0 Å². The van der Waals surface area contributed by atoms with Crippen LogP contribution >= 0.6 is 0 Å². The lowest BCUT2D eigenvalue weighted by Gasteiger charge is -2.58. The van der Waals surface area contributed by atoms with Crippen molar-refractivity contribution in [2.75, 3.05) is 6.54 Å². The molecule has 25 heavy (non-hydrogen) atoms. The molecule has 1 aromatic heterocycles. The number of aliphatic hydroxyl groups excluding tert-OH is 1. The van der Waals surface area contributed by atoms with Gasteiger partial charge in [-0.05, 0) is 87.5 Å². The zero-order chi connectivity index (χ0) is 17.6. The van der Waals surface area contributed by atoms with Crippen LogP contribution in [0.15, 0.2) is 0 Å². The van der Waals surface area contributed by atoms with Crippen molar-refractivity contribution in [2.45, 2.75) is 71.3 Å². The van der Waals surface area contributed by atoms with Crippen LogP contribution in [0.3, 0.4) is 0 Å². The second-order valence-corrected chi connectivity index (χ2v) is 9.01. The third kappa shape index (κ3) is 3.23. The number of nitrogens with zero attached hydrogens (tertiary/aromatic N) is 1. The Morgan fingerprint density at radius 2 is 1.84 bits per heavy atom. The molecule has 0 spiro atoms. The smallest absolute Gasteiger partial charge is 0.220 e. The molecule has 0 aromatic carbocycles. The number of carbonyl (C=O) groups is 1. The molecule has 138 valence electrons. The zero-order valence-corrected chi connectivity index (χ0v) is 15.5. The van der Waals surface area contributed by atoms with Gasteiger partial charge in [-0.15, -0.1) is 0 Å². The molecule has 0 radical (unpaired) electrons. The molecule has 0 saturated heterocycles. The Labute approximate surface area is 150 Å². The quantitative estimate of drug-likeness (QED) is 0.742. The number of hydrogen-bond acceptors (Lipinski definition) is 3. The molecular formula is C20H31N3O2. The molecule has 4 saturated carbocycles. The highest BCUT2D eigenvalue weighted by Crippen LogP contribution is 2.61. The predicted molar refractivity (Wildman–Crippen MR) is 96.0 cm³/mol. The summed E-state index contributed by atoms with van der Waals surface area (Å²) >= 11 is 0. The first-order valence-corrected chi connectivity index (χ1v) is 9.90. The summed E-state index contributed by atoms with van der Waals surface area (Å²) in [6.07, 6.45) is 8.41. The molecule has 4 fully saturated rings. The Hall–Kier alpha value is -1.36. The average molecular weight is 345 g/mol. The highest BCUT2D eigenvalue weighted by atomic mass is 16.3. The van der Waals surface area contributed by atoms with Gasteiger partial charge in [0.15, 0.2) is 0 Å². The van der Waals surface area contributed by atoms with Crippen LogP contribution in [-0.2, 0) is 11.2 Å². The summed E-state index contributed by atoms with van der Waals surface area (Å²) in [4.78, 5) is 12.2. The van der Waals surface area contributed by atoms with Gasteiger partial charge in [-0.1, -0.05) is 0 Å². The van der Waals surface area contributed by atoms with E-state index < -0.39 is 0 Å². The number of aromatic amines is 1. The maximum absolute atomic E-state index is 12.2. The van der Waals surface area contributed by atoms with Gasteiger partial charge in [0, 0.05) is 18.7 Å². The SMILES string of the molecule is Cc1n[nH]c(C)c1CCC(=O)NC[C@H](O)C12CC3CC(CC(C3)C1)C2. The fourth-order valence-electron chi connectivity index (χ4n) is 6.28. The summed E-state index contributed by atoms with van der Waals surface area (Å²) in [5.74, 6) is 2.50. The summed E-state index contributed by atoms with van der Waals surface area (Å²) in [5.41, 5.74) is 3.23. The molecule has 1 aromatic rings. The largest absolute Gasteiger partial charge is 0.391 e. The lowest BCUT2D eigenvalue weighted by atomic mass is 9.48. The van der Waals surface area contributed by atoms with Crippen LogP contribution in [0.1, 0.15) is 61.9 Å². The molecular weight excluding hydrogens is 314 g/mol. The van der Waals surface area contributed by atoms with Crippen LogP contribution in [0.25, 0.3) is 0 Å². The van der Waals surface area contributed by atoms with Crippen molar-refractivity contribution in [2.24, 2.45) is 23.2 Å². The van der Waals surface area contributed by atoms with Crippen molar-refractivity contribution in [3.8, 4) is 0 Å². The van der Waals surface area contributed by atoms with Gasteiger partial charge in [0.25, 0.3) is 0 Å². The summed E-state index contributed by atoms with van der Waals surface area (Å²) in [7, 11) is 0. The van der Waals surface area contributed by atoms with Crippen LogP contribution in [0, 0.1) is 37.0 Å². The monoisotopic (exact) mass is 345 g/mol. The first kappa shape index (κ1) is 17.1. The molecule has 4 bridgehead atoms. The van der Waals surface area contributed by atoms with Crippen molar-refractivity contribution in [3.63, 3.8) is 0 Å². The number of amides is 1. The Bertz CT molecular complexity index is 597. The standard InChI is InChI=1S/C20H31N3O2/c1-12-17(13(2)23-22-12)3-4-19(25)21-11-18(24)20-8-14-5-15(9-20)7-16(6-14)10-20/h14-16,18,24H,3-11H2,1-2H3,(H,21,25)(H,22,23)/t14?,15?,16?,18-,20?/m0/s1. The Morgan fingerprint density at radius 1 is 1.24 bits per heavy atom. The van der Waals surface area contributed by atoms with Crippen LogP contribution in [0.5, 0.6) is 0 Å². The Morgan fingerprint density at radius 3 is 2.36 bits per heavy atom. The lowest BCUT2D eigenvalue weighted by molar-refractivity contribution is -0.129. The second-order valence-electron chi connectivity index (χ2n) is 9.01. The molecule has 0 unspecified atom stereocenters. The van der Waals surface area contributed by atoms with Gasteiger partial charge in [0.2, 0.25) is 5.91 Å². The molecule has 5 heteroatoms. The van der Waals surface area contributed by atoms with E-state index in [2.05, 4.69) is 15.5 Å². The molecule has 4 aliphatic carbocycles. The summed E-state index contributed by atoms with van der Waals surface area (Å²) in [6.45, 7) is 4.37. The van der Waals surface area contributed by atoms with E-state index in [4.69, 9.17) is 0 Å². The van der Waals surface area contributed by atoms with Crippen molar-refractivity contribution >= 4 is 5.91 Å². The zero-order valence-electron chi connectivity index (χ0n) is 15.5. The predicted octanol–water partition coefficient (Wildman–Crippen LogP) is 2.65. The second kappa shape index (κ2) is 6.42. The topological polar surface area (TPSA) is 78.0 Å². The van der Waals surface area contributed by atoms with Gasteiger partial charge in [-0.3, -0.25) is 9.89 Å². The average Bonchev–Trinajstić information content (AvgIpc) is 2.87. The number of nitrogens with one attached hydrogen (secondary N) is 2. The van der Waals surface area contributed by atoms with E-state index >= 15 is 0 Å². The van der Waals surface area contributed by atoms with E-state index in [0.29, 0.717) is 19.4 Å². The van der Waals surface area contributed by atoms with Gasteiger partial charge in [0.05, 0.1) is 11.8 Å². The number of hydrogen-bond donors (Lipinski definition) is 3. The number of aromatic nitrogens is 2. The fourth-order valence-corrected chi connectivity index (χ4v) is 6.28. The molecule has 5 nitrogen and oxygen atoms in total. The highest BCUT2D eigenvalue weighted by Gasteiger charge is 2.53. The van der Waals surface area contributed by atoms with Gasteiger partial charge in [-0.2, -0.15) is 5.10 Å². The molecule has 1 amide bonds. The lowest BCUT2D eigenvalue weighted by Crippen LogP contribution is -2.54. The molecule has 0 aliphatic heterocycles. The van der Waals surface area contributed by atoms with E-state index in [1.807, 2.05) is 13.8 Å². The summed E-state index contributed by atoms with van der Waals surface area (Å²) in [6, 6.07) is 0. The maximum Gasteiger partial charge on any atom is 0.220 e. The van der Waals surface area contributed by atoms with Crippen LogP contribution in [0.2, 0.25) is 0 Å². The van der Waals surface area contributed by atoms with E-state index in [1.165, 1.54) is 38.5 Å². The van der Waals surface area contributed by atoms with Crippen molar-refractivity contribution < 1.29 is 9.90 Å². The van der Waals surface area contributed by atoms with E-state index in [0.717, 1.165) is 34.7 Å². The molecule has 3 N–H and O–H groups in total. The first-order valence-electron chi connectivity index (χ1n) is 9.90. The molecule has 4 aliphatic rings. The number of carbonyl (C=O) groups excluding carboxylic acids is 1. The third-order valence-corrected chi connectivity index (χ3v) is 7.17. The van der Waals surface area contributed by atoms with E-state index in [-0.39, 0.29) is 17.4 Å². The minimum absolute atomic E-state index is 0.0313. The van der Waals surface area contributed by atoms with E-state index in [9.17, 15) is 9.90 Å².